The van der Waals surface area contributed by atoms with Crippen molar-refractivity contribution in [1.82, 2.24) is 10.2 Å². The highest BCUT2D eigenvalue weighted by Crippen LogP contribution is 2.19. The van der Waals surface area contributed by atoms with Crippen molar-refractivity contribution in [2.24, 2.45) is 0 Å². The van der Waals surface area contributed by atoms with Crippen LogP contribution in [0, 0.1) is 0 Å². The van der Waals surface area contributed by atoms with Gasteiger partial charge in [0, 0.05) is 6.04 Å². The molecule has 0 radical (unpaired) electrons. The number of hydrogen-bond donors (Lipinski definition) is 1. The Hall–Kier alpha value is -0.480. The average Bonchev–Trinajstić information content (AvgIpc) is 2.47. The maximum atomic E-state index is 11.4. The van der Waals surface area contributed by atoms with Crippen LogP contribution in [0.15, 0.2) is 0 Å². The van der Waals surface area contributed by atoms with Crippen molar-refractivity contribution < 1.29 is 9.53 Å². The molecule has 0 aromatic heterocycles. The molecule has 2 saturated heterocycles. The largest absolute Gasteiger partial charge is 0.444 e. The summed E-state index contributed by atoms with van der Waals surface area (Å²) in [6.45, 7) is 4.74. The standard InChI is InChI=1S/C9H16N2O2.ClH/c1-7-6-11(9(12)13-7)8-2-4-10-5-3-8;/h7-8,10H,2-6H2,1H3;1H. The van der Waals surface area contributed by atoms with Crippen LogP contribution in [0.5, 0.6) is 0 Å². The number of halogens is 1. The fraction of sp³-hybridized carbons (Fsp3) is 0.889. The van der Waals surface area contributed by atoms with Crippen molar-refractivity contribution in [2.45, 2.75) is 31.9 Å². The number of ether oxygens (including phenoxy) is 1. The summed E-state index contributed by atoms with van der Waals surface area (Å²) in [6, 6.07) is 0.402. The third-order valence-electron chi connectivity index (χ3n) is 2.74. The van der Waals surface area contributed by atoms with Gasteiger partial charge in [0.15, 0.2) is 0 Å². The smallest absolute Gasteiger partial charge is 0.410 e. The molecule has 14 heavy (non-hydrogen) atoms. The van der Waals surface area contributed by atoms with Crippen molar-refractivity contribution >= 4 is 18.5 Å². The Morgan fingerprint density at radius 2 is 2.07 bits per heavy atom. The third-order valence-corrected chi connectivity index (χ3v) is 2.74. The van der Waals surface area contributed by atoms with Gasteiger partial charge in [0.2, 0.25) is 0 Å². The van der Waals surface area contributed by atoms with Gasteiger partial charge >= 0.3 is 6.09 Å². The van der Waals surface area contributed by atoms with Crippen LogP contribution in [0.1, 0.15) is 19.8 Å². The minimum atomic E-state index is -0.126. The molecule has 82 valence electrons. The number of cyclic esters (lactones) is 1. The van der Waals surface area contributed by atoms with Crippen molar-refractivity contribution in [1.29, 1.82) is 0 Å². The highest BCUT2D eigenvalue weighted by molar-refractivity contribution is 5.85. The summed E-state index contributed by atoms with van der Waals surface area (Å²) >= 11 is 0. The molecule has 1 unspecified atom stereocenters. The van der Waals surface area contributed by atoms with E-state index in [4.69, 9.17) is 4.74 Å². The Bertz CT molecular complexity index is 207. The van der Waals surface area contributed by atoms with Crippen LogP contribution in [0.2, 0.25) is 0 Å². The Kier molecular flexibility index (Phi) is 4.01. The summed E-state index contributed by atoms with van der Waals surface area (Å²) in [7, 11) is 0. The molecule has 0 spiro atoms. The van der Waals surface area contributed by atoms with Crippen LogP contribution in [-0.2, 0) is 4.74 Å². The van der Waals surface area contributed by atoms with Gasteiger partial charge in [-0.25, -0.2) is 4.79 Å². The Morgan fingerprint density at radius 1 is 1.43 bits per heavy atom. The first kappa shape index (κ1) is 11.6. The van der Waals surface area contributed by atoms with Gasteiger partial charge in [-0.3, -0.25) is 0 Å². The number of rotatable bonds is 1. The van der Waals surface area contributed by atoms with E-state index >= 15 is 0 Å². The lowest BCUT2D eigenvalue weighted by Gasteiger charge is -2.29. The lowest BCUT2D eigenvalue weighted by Crippen LogP contribution is -2.43. The first-order chi connectivity index (χ1) is 6.27. The van der Waals surface area contributed by atoms with E-state index in [0.29, 0.717) is 6.04 Å². The quantitative estimate of drug-likeness (QED) is 0.717. The number of amides is 1. The minimum absolute atomic E-state index is 0. The number of piperidine rings is 1. The second-order valence-corrected chi connectivity index (χ2v) is 3.83. The zero-order valence-corrected chi connectivity index (χ0v) is 9.18. The van der Waals surface area contributed by atoms with Gasteiger partial charge in [0.05, 0.1) is 6.54 Å². The SMILES string of the molecule is CC1CN(C2CCNCC2)C(=O)O1.Cl. The fourth-order valence-corrected chi connectivity index (χ4v) is 2.05. The van der Waals surface area contributed by atoms with Crippen molar-refractivity contribution in [3.63, 3.8) is 0 Å². The fourth-order valence-electron chi connectivity index (χ4n) is 2.05. The zero-order valence-electron chi connectivity index (χ0n) is 8.36. The molecule has 1 amide bonds. The molecule has 1 atom stereocenters. The minimum Gasteiger partial charge on any atom is -0.444 e. The van der Waals surface area contributed by atoms with Crippen LogP contribution in [0.4, 0.5) is 4.79 Å². The first-order valence-electron chi connectivity index (χ1n) is 4.95. The summed E-state index contributed by atoms with van der Waals surface area (Å²) in [5.41, 5.74) is 0. The monoisotopic (exact) mass is 220 g/mol. The van der Waals surface area contributed by atoms with E-state index in [1.165, 1.54) is 0 Å². The van der Waals surface area contributed by atoms with Crippen molar-refractivity contribution in [3.05, 3.63) is 0 Å². The maximum absolute atomic E-state index is 11.4. The van der Waals surface area contributed by atoms with Gasteiger partial charge in [-0.15, -0.1) is 12.4 Å². The lowest BCUT2D eigenvalue weighted by molar-refractivity contribution is 0.128. The normalized spacial score (nSPS) is 28.5. The molecule has 4 nitrogen and oxygen atoms in total. The molecule has 0 aliphatic carbocycles. The predicted octanol–water partition coefficient (Wildman–Crippen LogP) is 1.00. The van der Waals surface area contributed by atoms with Crippen molar-refractivity contribution in [2.75, 3.05) is 19.6 Å². The highest BCUT2D eigenvalue weighted by Gasteiger charge is 2.34. The average molecular weight is 221 g/mol. The highest BCUT2D eigenvalue weighted by atomic mass is 35.5. The molecule has 0 bridgehead atoms. The predicted molar refractivity (Wildman–Crippen MR) is 55.8 cm³/mol. The van der Waals surface area contributed by atoms with E-state index in [0.717, 1.165) is 32.5 Å². The summed E-state index contributed by atoms with van der Waals surface area (Å²) in [5.74, 6) is 0. The molecule has 0 saturated carbocycles. The number of carbonyl (C=O) groups excluding carboxylic acids is 1. The molecule has 2 aliphatic rings. The first-order valence-corrected chi connectivity index (χ1v) is 4.95. The molecule has 0 aromatic rings. The Labute approximate surface area is 90.4 Å². The summed E-state index contributed by atoms with van der Waals surface area (Å²) in [5, 5.41) is 3.29. The number of nitrogens with one attached hydrogen (secondary N) is 1. The van der Waals surface area contributed by atoms with Crippen LogP contribution in [0.25, 0.3) is 0 Å². The topological polar surface area (TPSA) is 41.6 Å². The van der Waals surface area contributed by atoms with Crippen LogP contribution in [-0.4, -0.2) is 42.8 Å². The Balaban J connectivity index is 0.000000980. The molecule has 2 rings (SSSR count). The lowest BCUT2D eigenvalue weighted by atomic mass is 10.1. The summed E-state index contributed by atoms with van der Waals surface area (Å²) < 4.78 is 5.09. The number of nitrogens with zero attached hydrogens (tertiary/aromatic N) is 1. The summed E-state index contributed by atoms with van der Waals surface area (Å²) in [6.07, 6.45) is 2.06. The van der Waals surface area contributed by atoms with E-state index in [-0.39, 0.29) is 24.6 Å². The maximum Gasteiger partial charge on any atom is 0.410 e. The molecular formula is C9H17ClN2O2. The van der Waals surface area contributed by atoms with E-state index in [1.807, 2.05) is 11.8 Å². The zero-order chi connectivity index (χ0) is 9.26. The molecule has 2 heterocycles. The number of hydrogen-bond acceptors (Lipinski definition) is 3. The van der Waals surface area contributed by atoms with Gasteiger partial charge in [-0.1, -0.05) is 0 Å². The van der Waals surface area contributed by atoms with E-state index in [9.17, 15) is 4.79 Å². The van der Waals surface area contributed by atoms with Gasteiger partial charge in [0.1, 0.15) is 6.10 Å². The van der Waals surface area contributed by atoms with E-state index in [1.54, 1.807) is 0 Å². The molecular weight excluding hydrogens is 204 g/mol. The van der Waals surface area contributed by atoms with Gasteiger partial charge in [0.25, 0.3) is 0 Å². The molecule has 2 aliphatic heterocycles. The van der Waals surface area contributed by atoms with Crippen LogP contribution >= 0.6 is 12.4 Å². The second kappa shape index (κ2) is 4.84. The Morgan fingerprint density at radius 3 is 2.57 bits per heavy atom. The molecule has 0 aromatic carbocycles. The molecule has 2 fully saturated rings. The number of carbonyl (C=O) groups is 1. The molecule has 5 heteroatoms. The summed E-state index contributed by atoms with van der Waals surface area (Å²) in [4.78, 5) is 13.2. The van der Waals surface area contributed by atoms with E-state index < -0.39 is 0 Å². The second-order valence-electron chi connectivity index (χ2n) is 3.83. The van der Waals surface area contributed by atoms with Crippen molar-refractivity contribution in [3.8, 4) is 0 Å². The molecule has 1 N–H and O–H groups in total. The van der Waals surface area contributed by atoms with Gasteiger partial charge < -0.3 is 15.0 Å². The van der Waals surface area contributed by atoms with Crippen LogP contribution < -0.4 is 5.32 Å². The van der Waals surface area contributed by atoms with Gasteiger partial charge in [-0.2, -0.15) is 0 Å². The van der Waals surface area contributed by atoms with Crippen LogP contribution in [0.3, 0.4) is 0 Å². The van der Waals surface area contributed by atoms with Gasteiger partial charge in [-0.05, 0) is 32.9 Å². The van der Waals surface area contributed by atoms with E-state index in [2.05, 4.69) is 5.32 Å². The third kappa shape index (κ3) is 2.30.